The molecule has 11 aromatic carbocycles. The number of pyridine rings is 1. The Balaban J connectivity index is 1.11. The SMILES string of the molecule is O=P(c1ccc2ccccc2c1)(c1ccc2ccccc2c1)c1ccc2c(c1)nc1c3c4ccccc4ccc3c3ccc(P(=[Se])(c4ccccc4)c4ccc5ccccc5c4)cc3n21. The van der Waals surface area contributed by atoms with Gasteiger partial charge in [0.15, 0.2) is 0 Å². The van der Waals surface area contributed by atoms with Crippen LogP contribution in [0.25, 0.3) is 81.4 Å². The molecular weight excluding hydrogens is 894 g/mol. The summed E-state index contributed by atoms with van der Waals surface area (Å²) >= 11 is 3.84. The Bertz CT molecular complexity index is 4130. The number of fused-ring (bicyclic) bond motifs is 13. The second-order valence-corrected chi connectivity index (χ2v) is 26.0. The van der Waals surface area contributed by atoms with Gasteiger partial charge < -0.3 is 0 Å². The molecular formula is C59H38N2OP2Se. The zero-order valence-corrected chi connectivity index (χ0v) is 38.5. The number of hydrogen-bond donors (Lipinski definition) is 0. The number of benzene rings is 11. The second-order valence-electron chi connectivity index (χ2n) is 17.0. The van der Waals surface area contributed by atoms with Crippen LogP contribution in [0.1, 0.15) is 0 Å². The monoisotopic (exact) mass is 932 g/mol. The minimum absolute atomic E-state index is 0.756. The molecule has 0 aliphatic heterocycles. The first-order valence-corrected chi connectivity index (χ1v) is 27.6. The average molecular weight is 932 g/mol. The number of nitrogens with zero attached hydrogens (tertiary/aromatic N) is 2. The van der Waals surface area contributed by atoms with Crippen LogP contribution >= 0.6 is 12.7 Å². The van der Waals surface area contributed by atoms with Crippen molar-refractivity contribution in [3.05, 3.63) is 231 Å². The average Bonchev–Trinajstić information content (AvgIpc) is 3.77. The third kappa shape index (κ3) is 5.92. The predicted molar refractivity (Wildman–Crippen MR) is 282 cm³/mol. The van der Waals surface area contributed by atoms with Gasteiger partial charge in [-0.15, -0.1) is 0 Å². The normalized spacial score (nSPS) is 13.2. The van der Waals surface area contributed by atoms with Crippen LogP contribution in [0.3, 0.4) is 0 Å². The van der Waals surface area contributed by atoms with Gasteiger partial charge in [0, 0.05) is 0 Å². The number of rotatable bonds is 6. The van der Waals surface area contributed by atoms with Gasteiger partial charge in [0.05, 0.1) is 0 Å². The van der Waals surface area contributed by atoms with Crippen LogP contribution in [-0.2, 0) is 4.57 Å². The molecule has 306 valence electrons. The first kappa shape index (κ1) is 38.6. The molecule has 0 aliphatic carbocycles. The molecule has 0 radical (unpaired) electrons. The zero-order valence-electron chi connectivity index (χ0n) is 35.0. The summed E-state index contributed by atoms with van der Waals surface area (Å²) in [6, 6.07) is 82.2. The molecule has 0 fully saturated rings. The molecule has 13 rings (SSSR count). The molecule has 3 nitrogen and oxygen atoms in total. The van der Waals surface area contributed by atoms with Crippen molar-refractivity contribution in [2.45, 2.75) is 0 Å². The fourth-order valence-electron chi connectivity index (χ4n) is 10.2. The van der Waals surface area contributed by atoms with Crippen molar-refractivity contribution in [3.63, 3.8) is 0 Å². The van der Waals surface area contributed by atoms with Gasteiger partial charge in [-0.3, -0.25) is 0 Å². The van der Waals surface area contributed by atoms with Crippen LogP contribution in [0.2, 0.25) is 0 Å². The Kier molecular flexibility index (Phi) is 8.80. The van der Waals surface area contributed by atoms with E-state index in [0.717, 1.165) is 86.6 Å². The Hall–Kier alpha value is -6.89. The van der Waals surface area contributed by atoms with Crippen LogP contribution in [0, 0.1) is 0 Å². The van der Waals surface area contributed by atoms with E-state index in [4.69, 9.17) is 4.98 Å². The van der Waals surface area contributed by atoms with E-state index in [1.807, 2.05) is 24.3 Å². The number of hydrogen-bond acceptors (Lipinski definition) is 2. The van der Waals surface area contributed by atoms with Gasteiger partial charge >= 0.3 is 303 Å². The van der Waals surface area contributed by atoms with Crippen LogP contribution in [0.15, 0.2) is 231 Å². The summed E-state index contributed by atoms with van der Waals surface area (Å²) < 4.78 is 18.8. The van der Waals surface area contributed by atoms with Gasteiger partial charge in [-0.25, -0.2) is 0 Å². The maximum absolute atomic E-state index is 16.4. The zero-order chi connectivity index (χ0) is 43.3. The molecule has 0 N–H and O–H groups in total. The van der Waals surface area contributed by atoms with E-state index < -0.39 is 12.7 Å². The third-order valence-electron chi connectivity index (χ3n) is 13.4. The summed E-state index contributed by atoms with van der Waals surface area (Å²) in [5.74, 6) is 0. The first-order chi connectivity index (χ1) is 31.9. The van der Waals surface area contributed by atoms with E-state index in [-0.39, 0.29) is 0 Å². The van der Waals surface area contributed by atoms with Crippen molar-refractivity contribution in [1.29, 1.82) is 0 Å². The van der Waals surface area contributed by atoms with Gasteiger partial charge in [-0.1, -0.05) is 60.7 Å². The Labute approximate surface area is 383 Å². The number of imidazole rings is 1. The van der Waals surface area contributed by atoms with Gasteiger partial charge in [-0.05, 0) is 21.5 Å². The quantitative estimate of drug-likeness (QED) is 0.0946. The third-order valence-corrected chi connectivity index (χ3v) is 23.5. The van der Waals surface area contributed by atoms with Crippen molar-refractivity contribution < 1.29 is 4.57 Å². The molecule has 0 amide bonds. The summed E-state index contributed by atoms with van der Waals surface area (Å²) in [7, 11) is -3.43. The van der Waals surface area contributed by atoms with Crippen molar-refractivity contribution in [3.8, 4) is 0 Å². The van der Waals surface area contributed by atoms with Crippen LogP contribution in [0.4, 0.5) is 0 Å². The summed E-state index contributed by atoms with van der Waals surface area (Å²) in [6.07, 6.45) is 0. The molecule has 0 bridgehead atoms. The minimum atomic E-state index is -3.43. The van der Waals surface area contributed by atoms with E-state index >= 15 is 4.57 Å². The Morgan fingerprint density at radius 2 is 0.815 bits per heavy atom. The number of aromatic nitrogens is 2. The second kappa shape index (κ2) is 14.8. The van der Waals surface area contributed by atoms with E-state index in [1.165, 1.54) is 26.7 Å². The van der Waals surface area contributed by atoms with Gasteiger partial charge in [0.2, 0.25) is 0 Å². The molecule has 6 heteroatoms. The van der Waals surface area contributed by atoms with E-state index in [1.54, 1.807) is 0 Å². The molecule has 0 saturated heterocycles. The van der Waals surface area contributed by atoms with Crippen molar-refractivity contribution in [1.82, 2.24) is 9.38 Å². The molecule has 0 aliphatic rings. The maximum atomic E-state index is 16.4. The molecule has 65 heavy (non-hydrogen) atoms. The van der Waals surface area contributed by atoms with E-state index in [0.29, 0.717) is 0 Å². The summed E-state index contributed by atoms with van der Waals surface area (Å²) in [5.41, 5.74) is 1.46. The van der Waals surface area contributed by atoms with E-state index in [9.17, 15) is 0 Å². The van der Waals surface area contributed by atoms with Gasteiger partial charge in [-0.2, -0.15) is 0 Å². The van der Waals surface area contributed by atoms with Crippen molar-refractivity contribution in [2.24, 2.45) is 0 Å². The molecule has 1 unspecified atom stereocenters. The fraction of sp³-hybridized carbons (Fsp3) is 0. The Morgan fingerprint density at radius 1 is 0.354 bits per heavy atom. The summed E-state index contributed by atoms with van der Waals surface area (Å²) in [4.78, 5) is 5.59. The molecule has 2 heterocycles. The van der Waals surface area contributed by atoms with Crippen LogP contribution < -0.4 is 31.8 Å². The standard InChI is InChI=1S/C59H38N2OP2Se/c62-63(47-26-22-39-12-4-7-16-43(39)34-47,48-27-23-40-13-5-8-17-44(40)35-48)49-30-33-56-55(37-49)60-59-58-52-21-11-10-15-42(52)25-31-54(58)53-32-29-51(38-57(53)61(56)59)64(65,46-19-2-1-3-20-46)50-28-24-41-14-6-9-18-45(41)36-50/h1-38H. The predicted octanol–water partition coefficient (Wildman–Crippen LogP) is 12.4. The molecule has 13 aromatic rings. The summed E-state index contributed by atoms with van der Waals surface area (Å²) in [5, 5.41) is 18.7. The Morgan fingerprint density at radius 3 is 1.46 bits per heavy atom. The fourth-order valence-corrected chi connectivity index (χ4v) is 17.8. The van der Waals surface area contributed by atoms with Gasteiger partial charge in [0.25, 0.3) is 0 Å². The molecule has 1 atom stereocenters. The molecule has 0 saturated carbocycles. The molecule has 0 spiro atoms. The molecule has 2 aromatic heterocycles. The van der Waals surface area contributed by atoms with Crippen molar-refractivity contribution in [2.75, 3.05) is 0 Å². The van der Waals surface area contributed by atoms with Crippen LogP contribution in [-0.4, -0.2) is 24.5 Å². The first-order valence-electron chi connectivity index (χ1n) is 21.9. The van der Waals surface area contributed by atoms with E-state index in [2.05, 4.69) is 226 Å². The summed E-state index contributed by atoms with van der Waals surface area (Å²) in [6.45, 7) is 0. The van der Waals surface area contributed by atoms with Crippen LogP contribution in [0.5, 0.6) is 0 Å². The van der Waals surface area contributed by atoms with Gasteiger partial charge in [0.1, 0.15) is 0 Å². The topological polar surface area (TPSA) is 34.4 Å². The van der Waals surface area contributed by atoms with Crippen molar-refractivity contribution >= 4 is 141 Å².